The van der Waals surface area contributed by atoms with E-state index in [1.165, 1.54) is 6.07 Å². The average Bonchev–Trinajstić information content (AvgIpc) is 3.68. The second-order valence-electron chi connectivity index (χ2n) is 16.6. The maximum atomic E-state index is 14.4. The van der Waals surface area contributed by atoms with Crippen molar-refractivity contribution in [2.75, 3.05) is 19.8 Å². The summed E-state index contributed by atoms with van der Waals surface area (Å²) in [4.78, 5) is 42.6. The third-order valence-corrected chi connectivity index (χ3v) is 12.2. The largest absolute Gasteiger partial charge is 0.461 e. The standard InChI is InChI=1S/C39H51BCl2N2O7/c1-37(2,3)49-36(47)44-16-10-13-28(44)22-48-23-31(43-35(46)29-21-27(41)14-15-30(29)42)32(45)20-26(17-24-11-8-7-9-12-24)40-50-34-19-25-18-33(38(25,4)5)39(34,6)51-40/h7-9,11-12,14-15,21,25-26,28,31,33-34H,10,13,16-20,22-23H2,1-6H3,(H,43,46)/t25-,26-,28-,31+,33+,34-,39+/m1/s1. The van der Waals surface area contributed by atoms with E-state index in [2.05, 4.69) is 26.1 Å². The van der Waals surface area contributed by atoms with Crippen LogP contribution in [-0.4, -0.2) is 79.0 Å². The number of amides is 2. The maximum absolute atomic E-state index is 14.4. The van der Waals surface area contributed by atoms with Crippen LogP contribution in [0.15, 0.2) is 48.5 Å². The van der Waals surface area contributed by atoms with Gasteiger partial charge in [0.1, 0.15) is 11.6 Å². The van der Waals surface area contributed by atoms with Crippen LogP contribution in [0.3, 0.4) is 0 Å². The number of halogens is 2. The number of hydrogen-bond acceptors (Lipinski definition) is 7. The van der Waals surface area contributed by atoms with Crippen molar-refractivity contribution < 1.29 is 33.2 Å². The monoisotopic (exact) mass is 740 g/mol. The number of carbonyl (C=O) groups is 3. The summed E-state index contributed by atoms with van der Waals surface area (Å²) in [6.07, 6.45) is 3.87. The van der Waals surface area contributed by atoms with Crippen LogP contribution in [-0.2, 0) is 30.0 Å². The molecule has 7 atom stereocenters. The molecule has 2 heterocycles. The van der Waals surface area contributed by atoms with Crippen molar-refractivity contribution in [2.45, 2.75) is 115 Å². The molecule has 0 aromatic heterocycles. The number of carbonyl (C=O) groups excluding carboxylic acids is 3. The first-order valence-corrected chi connectivity index (χ1v) is 19.0. The lowest BCUT2D eigenvalue weighted by Gasteiger charge is -2.64. The highest BCUT2D eigenvalue weighted by Crippen LogP contribution is 2.66. The van der Waals surface area contributed by atoms with Gasteiger partial charge in [0.05, 0.1) is 41.5 Å². The molecule has 7 rings (SSSR count). The lowest BCUT2D eigenvalue weighted by atomic mass is 9.43. The molecule has 9 nitrogen and oxygen atoms in total. The Morgan fingerprint density at radius 1 is 1.08 bits per heavy atom. The summed E-state index contributed by atoms with van der Waals surface area (Å²) < 4.78 is 25.3. The zero-order valence-corrected chi connectivity index (χ0v) is 32.1. The number of rotatable bonds is 12. The van der Waals surface area contributed by atoms with Crippen molar-refractivity contribution in [2.24, 2.45) is 17.3 Å². The predicted octanol–water partition coefficient (Wildman–Crippen LogP) is 7.81. The Morgan fingerprint density at radius 2 is 1.82 bits per heavy atom. The molecule has 276 valence electrons. The van der Waals surface area contributed by atoms with Crippen LogP contribution in [0.2, 0.25) is 15.9 Å². The third kappa shape index (κ3) is 8.30. The number of ketones is 1. The average molecular weight is 742 g/mol. The van der Waals surface area contributed by atoms with Crippen LogP contribution in [0.25, 0.3) is 0 Å². The van der Waals surface area contributed by atoms with Gasteiger partial charge < -0.3 is 29.0 Å². The number of ether oxygens (including phenoxy) is 2. The highest BCUT2D eigenvalue weighted by atomic mass is 35.5. The molecule has 5 fully saturated rings. The van der Waals surface area contributed by atoms with Crippen molar-refractivity contribution in [1.82, 2.24) is 10.2 Å². The number of hydrogen-bond donors (Lipinski definition) is 1. The molecule has 51 heavy (non-hydrogen) atoms. The molecule has 2 aromatic carbocycles. The van der Waals surface area contributed by atoms with Gasteiger partial charge in [-0.1, -0.05) is 67.4 Å². The van der Waals surface area contributed by atoms with Crippen molar-refractivity contribution in [3.63, 3.8) is 0 Å². The smallest absolute Gasteiger partial charge is 0.444 e. The number of likely N-dealkylation sites (tertiary alicyclic amines) is 1. The van der Waals surface area contributed by atoms with E-state index in [9.17, 15) is 14.4 Å². The molecule has 2 aliphatic heterocycles. The van der Waals surface area contributed by atoms with Crippen molar-refractivity contribution >= 4 is 48.1 Å². The van der Waals surface area contributed by atoms with Crippen molar-refractivity contribution in [1.29, 1.82) is 0 Å². The van der Waals surface area contributed by atoms with Crippen LogP contribution in [0.1, 0.15) is 89.6 Å². The summed E-state index contributed by atoms with van der Waals surface area (Å²) in [6.45, 7) is 13.0. The lowest BCUT2D eigenvalue weighted by Crippen LogP contribution is -2.65. The van der Waals surface area contributed by atoms with E-state index in [0.29, 0.717) is 29.8 Å². The fourth-order valence-electron chi connectivity index (χ4n) is 8.70. The minimum absolute atomic E-state index is 0.0317. The van der Waals surface area contributed by atoms with E-state index in [0.717, 1.165) is 31.2 Å². The summed E-state index contributed by atoms with van der Waals surface area (Å²) in [5.74, 6) is -0.0814. The van der Waals surface area contributed by atoms with Crippen molar-refractivity contribution in [3.05, 3.63) is 69.7 Å². The van der Waals surface area contributed by atoms with Gasteiger partial charge in [0.15, 0.2) is 5.78 Å². The molecule has 3 saturated carbocycles. The first-order valence-electron chi connectivity index (χ1n) is 18.3. The number of benzene rings is 2. The fourth-order valence-corrected chi connectivity index (χ4v) is 9.07. The number of Topliss-reactive ketones (excluding diaryl/α,β-unsaturated/α-hetero) is 1. The van der Waals surface area contributed by atoms with Crippen molar-refractivity contribution in [3.8, 4) is 0 Å². The van der Waals surface area contributed by atoms with Gasteiger partial charge >= 0.3 is 13.2 Å². The topological polar surface area (TPSA) is 103 Å². The SMILES string of the molecule is CC(C)(C)OC(=O)N1CCC[C@@H]1COC[C@H](NC(=O)c1cc(Cl)ccc1Cl)C(=O)C[C@@H](Cc1ccccc1)B1O[C@@H]2C[C@H]3C[C@@H](C3(C)C)[C@]2(C)O1. The van der Waals surface area contributed by atoms with Crippen LogP contribution >= 0.6 is 23.2 Å². The van der Waals surface area contributed by atoms with Crippen LogP contribution in [0, 0.1) is 17.3 Å². The fraction of sp³-hybridized carbons (Fsp3) is 0.615. The van der Waals surface area contributed by atoms with Gasteiger partial charge in [-0.25, -0.2) is 4.79 Å². The summed E-state index contributed by atoms with van der Waals surface area (Å²) in [5.41, 5.74) is 0.362. The summed E-state index contributed by atoms with van der Waals surface area (Å²) in [5, 5.41) is 3.46. The molecule has 2 amide bonds. The van der Waals surface area contributed by atoms with Gasteiger partial charge in [-0.2, -0.15) is 0 Å². The van der Waals surface area contributed by atoms with E-state index >= 15 is 0 Å². The number of nitrogens with zero attached hydrogens (tertiary/aromatic N) is 1. The van der Waals surface area contributed by atoms with Gasteiger partial charge in [-0.3, -0.25) is 9.59 Å². The predicted molar refractivity (Wildman–Crippen MR) is 198 cm³/mol. The van der Waals surface area contributed by atoms with E-state index < -0.39 is 30.3 Å². The van der Waals surface area contributed by atoms with Gasteiger partial charge in [-0.05, 0) is 101 Å². The molecule has 2 aromatic rings. The van der Waals surface area contributed by atoms with E-state index in [1.807, 2.05) is 51.1 Å². The second kappa shape index (κ2) is 15.0. The Hall–Kier alpha value is -2.63. The summed E-state index contributed by atoms with van der Waals surface area (Å²) in [6, 6.07) is 13.4. The Kier molecular flexibility index (Phi) is 11.2. The molecular formula is C39H51BCl2N2O7. The molecule has 0 unspecified atom stereocenters. The number of nitrogens with one attached hydrogen (secondary N) is 1. The van der Waals surface area contributed by atoms with Gasteiger partial charge in [0, 0.05) is 23.8 Å². The van der Waals surface area contributed by atoms with Crippen LogP contribution in [0.5, 0.6) is 0 Å². The van der Waals surface area contributed by atoms with Crippen LogP contribution < -0.4 is 5.32 Å². The second-order valence-corrected chi connectivity index (χ2v) is 17.5. The quantitative estimate of drug-likeness (QED) is 0.222. The molecule has 2 saturated heterocycles. The summed E-state index contributed by atoms with van der Waals surface area (Å²) in [7, 11) is -0.583. The highest BCUT2D eigenvalue weighted by Gasteiger charge is 2.68. The minimum Gasteiger partial charge on any atom is -0.444 e. The minimum atomic E-state index is -1.01. The third-order valence-electron chi connectivity index (χ3n) is 11.6. The van der Waals surface area contributed by atoms with E-state index in [1.54, 1.807) is 17.0 Å². The lowest BCUT2D eigenvalue weighted by molar-refractivity contribution is -0.199. The molecule has 2 bridgehead atoms. The normalized spacial score (nSPS) is 27.7. The zero-order valence-electron chi connectivity index (χ0n) is 30.6. The Labute approximate surface area is 312 Å². The molecule has 3 aliphatic carbocycles. The Balaban J connectivity index is 1.20. The maximum Gasteiger partial charge on any atom is 0.461 e. The van der Waals surface area contributed by atoms with E-state index in [4.69, 9.17) is 42.0 Å². The summed E-state index contributed by atoms with van der Waals surface area (Å²) >= 11 is 12.6. The van der Waals surface area contributed by atoms with Gasteiger partial charge in [0.2, 0.25) is 0 Å². The molecule has 12 heteroatoms. The molecule has 0 spiro atoms. The van der Waals surface area contributed by atoms with Gasteiger partial charge in [0.25, 0.3) is 5.91 Å². The zero-order chi connectivity index (χ0) is 36.7. The first kappa shape index (κ1) is 38.1. The van der Waals surface area contributed by atoms with Crippen LogP contribution in [0.4, 0.5) is 4.79 Å². The van der Waals surface area contributed by atoms with E-state index in [-0.39, 0.29) is 65.5 Å². The molecule has 0 radical (unpaired) electrons. The Bertz CT molecular complexity index is 1600. The molecular weight excluding hydrogens is 690 g/mol. The molecule has 1 N–H and O–H groups in total. The first-order chi connectivity index (χ1) is 24.0. The Morgan fingerprint density at radius 3 is 2.53 bits per heavy atom. The van der Waals surface area contributed by atoms with Gasteiger partial charge in [-0.15, -0.1) is 0 Å². The highest BCUT2D eigenvalue weighted by molar-refractivity contribution is 6.48. The molecule has 5 aliphatic rings.